The van der Waals surface area contributed by atoms with Crippen molar-refractivity contribution in [2.24, 2.45) is 0 Å². The number of nitrogens with zero attached hydrogens (tertiary/aromatic N) is 2. The molecule has 0 saturated heterocycles. The van der Waals surface area contributed by atoms with Crippen molar-refractivity contribution in [2.45, 2.75) is 19.9 Å². The molecular weight excluding hydrogens is 116 g/mol. The van der Waals surface area contributed by atoms with Gasteiger partial charge in [0.25, 0.3) is 0 Å². The first kappa shape index (κ1) is 8.17. The van der Waals surface area contributed by atoms with Crippen molar-refractivity contribution < 1.29 is 5.48 Å². The molecule has 0 aliphatic rings. The van der Waals surface area contributed by atoms with Crippen molar-refractivity contribution in [1.29, 1.82) is 0 Å². The number of hydrogen-bond acceptors (Lipinski definition) is 1. The van der Waals surface area contributed by atoms with Gasteiger partial charge in [0.05, 0.1) is 0 Å². The maximum atomic E-state index is 4.03. The van der Waals surface area contributed by atoms with Crippen LogP contribution >= 0.6 is 0 Å². The van der Waals surface area contributed by atoms with Crippen LogP contribution in [0.1, 0.15) is 19.9 Å². The number of rotatable bonds is 1. The molecule has 0 radical (unpaired) electrons. The molecule has 0 aliphatic heterocycles. The fourth-order valence-corrected chi connectivity index (χ4v) is 0.586. The molecule has 0 fully saturated rings. The molecule has 52 valence electrons. The van der Waals surface area contributed by atoms with E-state index in [2.05, 4.69) is 18.9 Å². The van der Waals surface area contributed by atoms with Gasteiger partial charge in [0.2, 0.25) is 0 Å². The normalized spacial score (nSPS) is 9.22. The summed E-state index contributed by atoms with van der Waals surface area (Å²) in [5, 5.41) is 4.03. The topological polar surface area (TPSA) is 49.3 Å². The molecule has 1 rings (SSSR count). The number of hydrogen-bond donors (Lipinski definition) is 0. The largest absolute Gasteiger partial charge is 0.412 e. The van der Waals surface area contributed by atoms with E-state index in [4.69, 9.17) is 0 Å². The van der Waals surface area contributed by atoms with Gasteiger partial charge in [-0.1, -0.05) is 0 Å². The van der Waals surface area contributed by atoms with Crippen LogP contribution in [-0.4, -0.2) is 15.3 Å². The Labute approximate surface area is 54.6 Å². The second-order valence-electron chi connectivity index (χ2n) is 2.08. The van der Waals surface area contributed by atoms with Crippen LogP contribution in [0.25, 0.3) is 0 Å². The van der Waals surface area contributed by atoms with Gasteiger partial charge < -0.3 is 5.48 Å². The van der Waals surface area contributed by atoms with Crippen molar-refractivity contribution in [3.8, 4) is 0 Å². The monoisotopic (exact) mass is 128 g/mol. The Morgan fingerprint density at radius 1 is 1.44 bits per heavy atom. The Balaban J connectivity index is 0.000000640. The van der Waals surface area contributed by atoms with Crippen LogP contribution in [0.2, 0.25) is 0 Å². The van der Waals surface area contributed by atoms with E-state index in [0.717, 1.165) is 0 Å². The standard InChI is InChI=1S/C6H10N2.H2O/c1-6(2)8-5-3-4-7-8;/h3-6H,1-2H3;1H2. The zero-order valence-electron chi connectivity index (χ0n) is 5.70. The Morgan fingerprint density at radius 2 is 2.11 bits per heavy atom. The van der Waals surface area contributed by atoms with Crippen molar-refractivity contribution in [2.75, 3.05) is 0 Å². The molecule has 3 nitrogen and oxygen atoms in total. The summed E-state index contributed by atoms with van der Waals surface area (Å²) < 4.78 is 1.92. The van der Waals surface area contributed by atoms with E-state index in [-0.39, 0.29) is 5.48 Å². The Kier molecular flexibility index (Phi) is 2.95. The molecule has 0 saturated carbocycles. The molecule has 1 aromatic rings. The van der Waals surface area contributed by atoms with E-state index in [1.165, 1.54) is 0 Å². The van der Waals surface area contributed by atoms with Gasteiger partial charge in [-0.05, 0) is 19.9 Å². The first-order chi connectivity index (χ1) is 3.80. The Bertz CT molecular complexity index is 146. The SMILES string of the molecule is CC(C)n1cccn1.O. The van der Waals surface area contributed by atoms with Gasteiger partial charge in [-0.25, -0.2) is 0 Å². The average molecular weight is 128 g/mol. The quantitative estimate of drug-likeness (QED) is 0.547. The minimum absolute atomic E-state index is 0. The lowest BCUT2D eigenvalue weighted by atomic mass is 10.4. The van der Waals surface area contributed by atoms with E-state index in [1.807, 2.05) is 16.9 Å². The van der Waals surface area contributed by atoms with E-state index < -0.39 is 0 Å². The van der Waals surface area contributed by atoms with Gasteiger partial charge in [0.1, 0.15) is 0 Å². The molecule has 2 N–H and O–H groups in total. The molecule has 9 heavy (non-hydrogen) atoms. The van der Waals surface area contributed by atoms with Crippen LogP contribution in [0.5, 0.6) is 0 Å². The maximum Gasteiger partial charge on any atom is 0.0489 e. The highest BCUT2D eigenvalue weighted by Gasteiger charge is 1.91. The third-order valence-corrected chi connectivity index (χ3v) is 1.05. The third kappa shape index (κ3) is 1.85. The van der Waals surface area contributed by atoms with Crippen LogP contribution in [0.15, 0.2) is 18.5 Å². The molecule has 0 bridgehead atoms. The minimum Gasteiger partial charge on any atom is -0.412 e. The Morgan fingerprint density at radius 3 is 2.33 bits per heavy atom. The lowest BCUT2D eigenvalue weighted by Gasteiger charge is -2.01. The summed E-state index contributed by atoms with van der Waals surface area (Å²) in [5.41, 5.74) is 0. The summed E-state index contributed by atoms with van der Waals surface area (Å²) in [7, 11) is 0. The van der Waals surface area contributed by atoms with Crippen molar-refractivity contribution in [3.05, 3.63) is 18.5 Å². The summed E-state index contributed by atoms with van der Waals surface area (Å²) in [6, 6.07) is 2.42. The summed E-state index contributed by atoms with van der Waals surface area (Å²) in [4.78, 5) is 0. The maximum absolute atomic E-state index is 4.03. The highest BCUT2D eigenvalue weighted by molar-refractivity contribution is 4.79. The second kappa shape index (κ2) is 3.25. The highest BCUT2D eigenvalue weighted by Crippen LogP contribution is 1.98. The van der Waals surface area contributed by atoms with E-state index in [1.54, 1.807) is 6.20 Å². The molecule has 1 heterocycles. The van der Waals surface area contributed by atoms with Gasteiger partial charge in [0.15, 0.2) is 0 Å². The van der Waals surface area contributed by atoms with Gasteiger partial charge in [-0.3, -0.25) is 4.68 Å². The lowest BCUT2D eigenvalue weighted by molar-refractivity contribution is 0.532. The summed E-state index contributed by atoms with van der Waals surface area (Å²) in [5.74, 6) is 0. The lowest BCUT2D eigenvalue weighted by Crippen LogP contribution is -1.99. The molecule has 3 heteroatoms. The smallest absolute Gasteiger partial charge is 0.0489 e. The van der Waals surface area contributed by atoms with Crippen molar-refractivity contribution in [3.63, 3.8) is 0 Å². The van der Waals surface area contributed by atoms with Crippen LogP contribution in [0.3, 0.4) is 0 Å². The molecule has 0 atom stereocenters. The van der Waals surface area contributed by atoms with Crippen LogP contribution in [0.4, 0.5) is 0 Å². The fraction of sp³-hybridized carbons (Fsp3) is 0.500. The third-order valence-electron chi connectivity index (χ3n) is 1.05. The molecule has 0 unspecified atom stereocenters. The second-order valence-corrected chi connectivity index (χ2v) is 2.08. The fourth-order valence-electron chi connectivity index (χ4n) is 0.586. The summed E-state index contributed by atoms with van der Waals surface area (Å²) in [6.45, 7) is 4.21. The first-order valence-corrected chi connectivity index (χ1v) is 2.80. The minimum atomic E-state index is 0. The van der Waals surface area contributed by atoms with Gasteiger partial charge in [0, 0.05) is 18.4 Å². The van der Waals surface area contributed by atoms with Gasteiger partial charge in [-0.15, -0.1) is 0 Å². The molecule has 0 spiro atoms. The van der Waals surface area contributed by atoms with E-state index >= 15 is 0 Å². The van der Waals surface area contributed by atoms with E-state index in [0.29, 0.717) is 6.04 Å². The average Bonchev–Trinajstić information content (AvgIpc) is 2.12. The predicted molar refractivity (Wildman–Crippen MR) is 36.2 cm³/mol. The van der Waals surface area contributed by atoms with Gasteiger partial charge in [-0.2, -0.15) is 5.10 Å². The summed E-state index contributed by atoms with van der Waals surface area (Å²) in [6.07, 6.45) is 3.75. The molecule has 1 aromatic heterocycles. The highest BCUT2D eigenvalue weighted by atomic mass is 16.0. The van der Waals surface area contributed by atoms with Gasteiger partial charge >= 0.3 is 0 Å². The van der Waals surface area contributed by atoms with Crippen molar-refractivity contribution >= 4 is 0 Å². The number of aromatic nitrogens is 2. The molecule has 0 aliphatic carbocycles. The first-order valence-electron chi connectivity index (χ1n) is 2.80. The predicted octanol–water partition coefficient (Wildman–Crippen LogP) is 0.639. The molecule has 0 aromatic carbocycles. The van der Waals surface area contributed by atoms with Crippen LogP contribution < -0.4 is 0 Å². The van der Waals surface area contributed by atoms with Crippen molar-refractivity contribution in [1.82, 2.24) is 9.78 Å². The van der Waals surface area contributed by atoms with Crippen LogP contribution in [0, 0.1) is 0 Å². The summed E-state index contributed by atoms with van der Waals surface area (Å²) >= 11 is 0. The zero-order valence-corrected chi connectivity index (χ0v) is 5.70. The van der Waals surface area contributed by atoms with Crippen LogP contribution in [-0.2, 0) is 0 Å². The van der Waals surface area contributed by atoms with E-state index in [9.17, 15) is 0 Å². The molecular formula is C6H12N2O. The Hall–Kier alpha value is -0.830. The molecule has 0 amide bonds. The zero-order chi connectivity index (χ0) is 5.98.